The first-order valence-corrected chi connectivity index (χ1v) is 16.4. The number of halogens is 4. The van der Waals surface area contributed by atoms with Crippen LogP contribution in [-0.4, -0.2) is 64.1 Å². The summed E-state index contributed by atoms with van der Waals surface area (Å²) in [5, 5.41) is 0. The molecular formula is C10H22Cl4O14P4. The van der Waals surface area contributed by atoms with E-state index in [4.69, 9.17) is 75.0 Å². The van der Waals surface area contributed by atoms with E-state index in [9.17, 15) is 28.0 Å². The van der Waals surface area contributed by atoms with Crippen molar-refractivity contribution >= 4 is 77.7 Å². The Balaban J connectivity index is 6.82. The van der Waals surface area contributed by atoms with Crippen molar-refractivity contribution in [3.05, 3.63) is 0 Å². The van der Waals surface area contributed by atoms with Crippen LogP contribution in [0.5, 0.6) is 0 Å². The normalized spacial score (nSPS) is 17.7. The van der Waals surface area contributed by atoms with E-state index in [0.29, 0.717) is 0 Å². The van der Waals surface area contributed by atoms with Crippen molar-refractivity contribution in [1.82, 2.24) is 0 Å². The van der Waals surface area contributed by atoms with E-state index >= 15 is 0 Å². The van der Waals surface area contributed by atoms with Gasteiger partial charge in [-0.25, -0.2) is 18.3 Å². The van der Waals surface area contributed by atoms with Gasteiger partial charge in [0.15, 0.2) is 0 Å². The summed E-state index contributed by atoms with van der Waals surface area (Å²) in [4.78, 5) is 55.5. The molecule has 0 aromatic carbocycles. The molecule has 0 aromatic rings. The monoisotopic (exact) mass is 630 g/mol. The summed E-state index contributed by atoms with van der Waals surface area (Å²) >= 11 is 23.1. The van der Waals surface area contributed by atoms with Crippen LogP contribution in [0.15, 0.2) is 0 Å². The Hall–Kier alpha value is 1.68. The first kappa shape index (κ1) is 33.7. The molecule has 0 radical (unpaired) electrons. The SMILES string of the molecule is O=P(O)(O)OP(=O)(O)OC(CCCl)(CCCl)C(CCCl)(CCCl)OP(=O)(O)OP(=O)(O)O. The zero-order valence-electron chi connectivity index (χ0n) is 15.9. The summed E-state index contributed by atoms with van der Waals surface area (Å²) in [6, 6.07) is 0. The highest BCUT2D eigenvalue weighted by atomic mass is 35.5. The second-order valence-corrected chi connectivity index (χ2v) is 13.0. The maximum Gasteiger partial charge on any atom is 0.481 e. The fourth-order valence-corrected chi connectivity index (χ4v) is 8.08. The van der Waals surface area contributed by atoms with E-state index in [1.807, 2.05) is 0 Å². The zero-order chi connectivity index (χ0) is 25.5. The van der Waals surface area contributed by atoms with Gasteiger partial charge in [0.05, 0.1) is 0 Å². The van der Waals surface area contributed by atoms with Gasteiger partial charge in [-0.3, -0.25) is 9.05 Å². The van der Waals surface area contributed by atoms with Gasteiger partial charge < -0.3 is 29.4 Å². The smallest absolute Gasteiger partial charge is 0.302 e. The lowest BCUT2D eigenvalue weighted by atomic mass is 9.75. The molecule has 2 unspecified atom stereocenters. The topological polar surface area (TPSA) is 227 Å². The Kier molecular flexibility index (Phi) is 14.0. The van der Waals surface area contributed by atoms with Crippen molar-refractivity contribution in [2.75, 3.05) is 23.5 Å². The molecule has 194 valence electrons. The predicted octanol–water partition coefficient (Wildman–Crippen LogP) is 3.43. The van der Waals surface area contributed by atoms with E-state index in [-0.39, 0.29) is 0 Å². The lowest BCUT2D eigenvalue weighted by Crippen LogP contribution is -2.58. The molecule has 0 saturated heterocycles. The lowest BCUT2D eigenvalue weighted by molar-refractivity contribution is -0.142. The maximum absolute atomic E-state index is 12.4. The third kappa shape index (κ3) is 11.6. The summed E-state index contributed by atoms with van der Waals surface area (Å²) in [6.07, 6.45) is -2.11. The molecule has 0 fully saturated rings. The predicted molar refractivity (Wildman–Crippen MR) is 115 cm³/mol. The first-order chi connectivity index (χ1) is 14.3. The van der Waals surface area contributed by atoms with Crippen LogP contribution in [0.3, 0.4) is 0 Å². The second kappa shape index (κ2) is 13.3. The van der Waals surface area contributed by atoms with Gasteiger partial charge in [-0.1, -0.05) is 0 Å². The Morgan fingerprint density at radius 3 is 0.906 bits per heavy atom. The number of rotatable bonds is 17. The minimum Gasteiger partial charge on any atom is -0.302 e. The Bertz CT molecular complexity index is 709. The first-order valence-electron chi connectivity index (χ1n) is 8.17. The quantitative estimate of drug-likeness (QED) is 0.0998. The standard InChI is InChI=1S/C10H22Cl4O14P4/c11-5-1-9(2-6-12,25-31(21,22)27-29(15,16)17)10(3-7-13,4-8-14)26-32(23,24)28-30(18,19)20/h1-8H2,(H,21,22)(H,23,24)(H2,15,16,17)(H2,18,19,20). The van der Waals surface area contributed by atoms with Crippen LogP contribution in [0, 0.1) is 0 Å². The molecule has 0 heterocycles. The number of phosphoric acid groups is 4. The second-order valence-electron chi connectivity index (χ2n) is 6.01. The average molecular weight is 632 g/mol. The van der Waals surface area contributed by atoms with Gasteiger partial charge in [-0.15, -0.1) is 46.4 Å². The molecule has 0 aliphatic heterocycles. The molecule has 6 N–H and O–H groups in total. The summed E-state index contributed by atoms with van der Waals surface area (Å²) in [5.41, 5.74) is -4.70. The molecule has 0 aromatic heterocycles. The van der Waals surface area contributed by atoms with Crippen molar-refractivity contribution in [1.29, 1.82) is 0 Å². The molecule has 0 spiro atoms. The minimum atomic E-state index is -5.66. The Morgan fingerprint density at radius 1 is 0.531 bits per heavy atom. The van der Waals surface area contributed by atoms with Crippen LogP contribution in [0.25, 0.3) is 0 Å². The average Bonchev–Trinajstić information content (AvgIpc) is 2.49. The van der Waals surface area contributed by atoms with Gasteiger partial charge in [0.1, 0.15) is 11.2 Å². The van der Waals surface area contributed by atoms with E-state index in [2.05, 4.69) is 8.62 Å². The van der Waals surface area contributed by atoms with Crippen LogP contribution in [0.2, 0.25) is 0 Å². The summed E-state index contributed by atoms with van der Waals surface area (Å²) in [5.74, 6) is -1.62. The van der Waals surface area contributed by atoms with Gasteiger partial charge in [0.2, 0.25) is 0 Å². The van der Waals surface area contributed by atoms with Crippen molar-refractivity contribution in [3.8, 4) is 0 Å². The number of hydrogen-bond acceptors (Lipinski definition) is 8. The maximum atomic E-state index is 12.4. The number of alkyl halides is 4. The van der Waals surface area contributed by atoms with Crippen LogP contribution < -0.4 is 0 Å². The fourth-order valence-electron chi connectivity index (χ4n) is 2.86. The van der Waals surface area contributed by atoms with Crippen LogP contribution >= 0.6 is 77.7 Å². The van der Waals surface area contributed by atoms with E-state index in [0.717, 1.165) is 0 Å². The molecule has 0 aliphatic rings. The van der Waals surface area contributed by atoms with E-state index < -0.39 is 91.7 Å². The Morgan fingerprint density at radius 2 is 0.750 bits per heavy atom. The van der Waals surface area contributed by atoms with Crippen molar-refractivity contribution in [2.45, 2.75) is 36.9 Å². The molecule has 0 aliphatic carbocycles. The highest BCUT2D eigenvalue weighted by Gasteiger charge is 2.59. The molecule has 2 atom stereocenters. The van der Waals surface area contributed by atoms with Crippen LogP contribution in [-0.2, 0) is 35.9 Å². The van der Waals surface area contributed by atoms with Gasteiger partial charge in [0, 0.05) is 23.5 Å². The molecule has 14 nitrogen and oxygen atoms in total. The molecule has 0 bridgehead atoms. The van der Waals surface area contributed by atoms with Gasteiger partial charge in [-0.2, -0.15) is 8.62 Å². The molecule has 32 heavy (non-hydrogen) atoms. The van der Waals surface area contributed by atoms with E-state index in [1.165, 1.54) is 0 Å². The summed E-state index contributed by atoms with van der Waals surface area (Å²) < 4.78 is 64.6. The highest BCUT2D eigenvalue weighted by Crippen LogP contribution is 2.66. The fraction of sp³-hybridized carbons (Fsp3) is 1.00. The summed E-state index contributed by atoms with van der Waals surface area (Å²) in [7, 11) is -22.5. The molecule has 0 amide bonds. The third-order valence-electron chi connectivity index (χ3n) is 3.82. The molecular weight excluding hydrogens is 610 g/mol. The molecule has 0 rings (SSSR count). The van der Waals surface area contributed by atoms with Gasteiger partial charge in [-0.05, 0) is 25.7 Å². The zero-order valence-corrected chi connectivity index (χ0v) is 22.5. The molecule has 22 heteroatoms. The minimum absolute atomic E-state index is 0.405. The largest absolute Gasteiger partial charge is 0.481 e. The number of phosphoric ester groups is 2. The molecule has 0 saturated carbocycles. The Labute approximate surface area is 203 Å². The lowest BCUT2D eigenvalue weighted by Gasteiger charge is -2.49. The highest BCUT2D eigenvalue weighted by molar-refractivity contribution is 7.61. The van der Waals surface area contributed by atoms with Crippen molar-refractivity contribution < 1.29 is 65.3 Å². The third-order valence-corrected chi connectivity index (χ3v) is 9.09. The van der Waals surface area contributed by atoms with E-state index in [1.54, 1.807) is 0 Å². The van der Waals surface area contributed by atoms with Gasteiger partial charge >= 0.3 is 31.3 Å². The van der Waals surface area contributed by atoms with Gasteiger partial charge in [0.25, 0.3) is 0 Å². The number of hydrogen-bond donors (Lipinski definition) is 6. The van der Waals surface area contributed by atoms with Crippen LogP contribution in [0.4, 0.5) is 0 Å². The van der Waals surface area contributed by atoms with Crippen molar-refractivity contribution in [2.24, 2.45) is 0 Å². The van der Waals surface area contributed by atoms with Crippen LogP contribution in [0.1, 0.15) is 25.7 Å². The van der Waals surface area contributed by atoms with Crippen molar-refractivity contribution in [3.63, 3.8) is 0 Å². The summed E-state index contributed by atoms with van der Waals surface area (Å²) in [6.45, 7) is 0.